The van der Waals surface area contributed by atoms with Crippen molar-refractivity contribution in [1.82, 2.24) is 4.90 Å². The summed E-state index contributed by atoms with van der Waals surface area (Å²) < 4.78 is 10.3. The first-order valence-corrected chi connectivity index (χ1v) is 8.74. The molecular weight excluding hydrogens is 320 g/mol. The van der Waals surface area contributed by atoms with E-state index < -0.39 is 18.1 Å². The first kappa shape index (κ1) is 21.0. The number of benzene rings is 1. The van der Waals surface area contributed by atoms with Crippen LogP contribution in [0.5, 0.6) is 0 Å². The molecule has 0 heterocycles. The number of unbranched alkanes of at least 4 members (excludes halogenated alkanes) is 1. The van der Waals surface area contributed by atoms with Crippen LogP contribution in [-0.4, -0.2) is 43.2 Å². The fourth-order valence-corrected chi connectivity index (χ4v) is 2.54. The van der Waals surface area contributed by atoms with Crippen molar-refractivity contribution >= 4 is 12.1 Å². The molecule has 6 heteroatoms. The van der Waals surface area contributed by atoms with E-state index in [0.717, 1.165) is 18.4 Å². The highest BCUT2D eigenvalue weighted by atomic mass is 16.6. The quantitative estimate of drug-likeness (QED) is 0.518. The fraction of sp³-hybridized carbons (Fsp3) is 0.579. The van der Waals surface area contributed by atoms with E-state index >= 15 is 0 Å². The van der Waals surface area contributed by atoms with Crippen LogP contribution in [0.15, 0.2) is 30.3 Å². The lowest BCUT2D eigenvalue weighted by atomic mass is 10.1. The second-order valence-electron chi connectivity index (χ2n) is 6.41. The Balaban J connectivity index is 2.82. The molecule has 140 valence electrons. The molecule has 1 atom stereocenters. The highest BCUT2D eigenvalue weighted by molar-refractivity contribution is 5.81. The minimum atomic E-state index is -0.651. The zero-order chi connectivity index (χ0) is 18.7. The van der Waals surface area contributed by atoms with Crippen LogP contribution in [0, 0.1) is 5.92 Å². The molecule has 0 spiro atoms. The maximum atomic E-state index is 12.6. The van der Waals surface area contributed by atoms with Crippen LogP contribution in [0.1, 0.15) is 38.7 Å². The summed E-state index contributed by atoms with van der Waals surface area (Å²) in [6, 6.07) is 8.81. The van der Waals surface area contributed by atoms with Crippen LogP contribution < -0.4 is 5.73 Å². The number of ether oxygens (including phenoxy) is 2. The summed E-state index contributed by atoms with van der Waals surface area (Å²) in [5.41, 5.74) is 6.43. The standard InChI is InChI=1S/C19H30N2O4/c1-15(2)13-21(17(18(22)24-3)11-7-8-12-20)19(23)25-14-16-9-5-4-6-10-16/h4-6,9-10,15,17H,7-8,11-14,20H2,1-3H3/t17-/m0/s1. The van der Waals surface area contributed by atoms with E-state index in [4.69, 9.17) is 15.2 Å². The van der Waals surface area contributed by atoms with Crippen molar-refractivity contribution in [2.24, 2.45) is 11.7 Å². The lowest BCUT2D eigenvalue weighted by molar-refractivity contribution is -0.147. The van der Waals surface area contributed by atoms with Gasteiger partial charge in [0, 0.05) is 6.54 Å². The van der Waals surface area contributed by atoms with Crippen molar-refractivity contribution in [3.8, 4) is 0 Å². The van der Waals surface area contributed by atoms with Gasteiger partial charge in [0.05, 0.1) is 7.11 Å². The molecule has 0 saturated carbocycles. The molecule has 0 aliphatic rings. The summed E-state index contributed by atoms with van der Waals surface area (Å²) in [6.45, 7) is 5.13. The van der Waals surface area contributed by atoms with Crippen LogP contribution in [-0.2, 0) is 20.9 Å². The van der Waals surface area contributed by atoms with Crippen LogP contribution in [0.2, 0.25) is 0 Å². The molecule has 0 aromatic heterocycles. The normalized spacial score (nSPS) is 11.9. The van der Waals surface area contributed by atoms with E-state index in [0.29, 0.717) is 19.5 Å². The first-order chi connectivity index (χ1) is 12.0. The molecule has 2 N–H and O–H groups in total. The van der Waals surface area contributed by atoms with Crippen molar-refractivity contribution in [3.63, 3.8) is 0 Å². The minimum Gasteiger partial charge on any atom is -0.467 e. The van der Waals surface area contributed by atoms with E-state index in [2.05, 4.69) is 0 Å². The average Bonchev–Trinajstić information content (AvgIpc) is 2.62. The highest BCUT2D eigenvalue weighted by Crippen LogP contribution is 2.15. The van der Waals surface area contributed by atoms with Crippen LogP contribution in [0.25, 0.3) is 0 Å². The second-order valence-corrected chi connectivity index (χ2v) is 6.41. The molecule has 0 aliphatic carbocycles. The Morgan fingerprint density at radius 1 is 1.16 bits per heavy atom. The number of carbonyl (C=O) groups excluding carboxylic acids is 2. The Hall–Kier alpha value is -2.08. The molecule has 1 aromatic rings. The number of nitrogens with two attached hydrogens (primary N) is 1. The number of esters is 1. The second kappa shape index (κ2) is 11.5. The number of carbonyl (C=O) groups is 2. The Bertz CT molecular complexity index is 519. The monoisotopic (exact) mass is 350 g/mol. The molecule has 0 saturated heterocycles. The van der Waals surface area contributed by atoms with Crippen LogP contribution in [0.4, 0.5) is 4.79 Å². The Morgan fingerprint density at radius 2 is 1.84 bits per heavy atom. The third-order valence-electron chi connectivity index (χ3n) is 3.78. The molecule has 0 aliphatic heterocycles. The van der Waals surface area contributed by atoms with E-state index in [1.807, 2.05) is 44.2 Å². The topological polar surface area (TPSA) is 81.9 Å². The summed E-state index contributed by atoms with van der Waals surface area (Å²) in [5.74, 6) is -0.222. The molecule has 1 rings (SSSR count). The van der Waals surface area contributed by atoms with Gasteiger partial charge in [0.25, 0.3) is 0 Å². The van der Waals surface area contributed by atoms with Gasteiger partial charge in [-0.1, -0.05) is 44.2 Å². The van der Waals surface area contributed by atoms with Crippen molar-refractivity contribution in [2.75, 3.05) is 20.2 Å². The van der Waals surface area contributed by atoms with Gasteiger partial charge in [-0.3, -0.25) is 4.90 Å². The minimum absolute atomic E-state index is 0.172. The van der Waals surface area contributed by atoms with Crippen molar-refractivity contribution < 1.29 is 19.1 Å². The molecule has 1 amide bonds. The number of nitrogens with zero attached hydrogens (tertiary/aromatic N) is 1. The summed E-state index contributed by atoms with van der Waals surface area (Å²) in [4.78, 5) is 26.3. The van der Waals surface area contributed by atoms with Crippen molar-refractivity contribution in [1.29, 1.82) is 0 Å². The van der Waals surface area contributed by atoms with E-state index in [1.165, 1.54) is 12.0 Å². The Labute approximate surface area is 150 Å². The predicted octanol–water partition coefficient (Wildman–Crippen LogP) is 2.95. The summed E-state index contributed by atoms with van der Waals surface area (Å²) in [5, 5.41) is 0. The molecule has 0 fully saturated rings. The predicted molar refractivity (Wildman–Crippen MR) is 96.9 cm³/mol. The summed E-state index contributed by atoms with van der Waals surface area (Å²) in [6.07, 6.45) is 1.55. The van der Waals surface area contributed by atoms with Crippen molar-refractivity contribution in [3.05, 3.63) is 35.9 Å². The van der Waals surface area contributed by atoms with Gasteiger partial charge in [0.2, 0.25) is 0 Å². The third kappa shape index (κ3) is 7.56. The number of amides is 1. The Morgan fingerprint density at radius 3 is 2.40 bits per heavy atom. The van der Waals surface area contributed by atoms with E-state index in [-0.39, 0.29) is 12.5 Å². The summed E-state index contributed by atoms with van der Waals surface area (Å²) in [7, 11) is 1.33. The number of hydrogen-bond acceptors (Lipinski definition) is 5. The van der Waals surface area contributed by atoms with Crippen molar-refractivity contribution in [2.45, 2.75) is 45.8 Å². The average molecular weight is 350 g/mol. The highest BCUT2D eigenvalue weighted by Gasteiger charge is 2.31. The largest absolute Gasteiger partial charge is 0.467 e. The Kier molecular flexibility index (Phi) is 9.62. The van der Waals surface area contributed by atoms with Gasteiger partial charge in [0.15, 0.2) is 0 Å². The van der Waals surface area contributed by atoms with Crippen LogP contribution >= 0.6 is 0 Å². The molecule has 0 bridgehead atoms. The molecule has 0 unspecified atom stereocenters. The molecule has 25 heavy (non-hydrogen) atoms. The maximum Gasteiger partial charge on any atom is 0.410 e. The molecule has 0 radical (unpaired) electrons. The molecule has 6 nitrogen and oxygen atoms in total. The van der Waals surface area contributed by atoms with Gasteiger partial charge in [0.1, 0.15) is 12.6 Å². The van der Waals surface area contributed by atoms with Gasteiger partial charge >= 0.3 is 12.1 Å². The van der Waals surface area contributed by atoms with E-state index in [1.54, 1.807) is 0 Å². The van der Waals surface area contributed by atoms with Gasteiger partial charge in [-0.2, -0.15) is 0 Å². The number of methoxy groups -OCH3 is 1. The maximum absolute atomic E-state index is 12.6. The van der Waals surface area contributed by atoms with E-state index in [9.17, 15) is 9.59 Å². The number of hydrogen-bond donors (Lipinski definition) is 1. The van der Waals surface area contributed by atoms with Gasteiger partial charge < -0.3 is 15.2 Å². The van der Waals surface area contributed by atoms with Gasteiger partial charge in [-0.05, 0) is 37.3 Å². The third-order valence-corrected chi connectivity index (χ3v) is 3.78. The first-order valence-electron chi connectivity index (χ1n) is 8.74. The zero-order valence-corrected chi connectivity index (χ0v) is 15.4. The van der Waals surface area contributed by atoms with Gasteiger partial charge in [-0.15, -0.1) is 0 Å². The fourth-order valence-electron chi connectivity index (χ4n) is 2.54. The smallest absolute Gasteiger partial charge is 0.410 e. The zero-order valence-electron chi connectivity index (χ0n) is 15.4. The SMILES string of the molecule is COC(=O)[C@H](CCCCN)N(CC(C)C)C(=O)OCc1ccccc1. The van der Waals surface area contributed by atoms with Crippen LogP contribution in [0.3, 0.4) is 0 Å². The molecular formula is C19H30N2O4. The van der Waals surface area contributed by atoms with Gasteiger partial charge in [-0.25, -0.2) is 9.59 Å². The number of rotatable bonds is 10. The molecule has 1 aromatic carbocycles. The lowest BCUT2D eigenvalue weighted by Gasteiger charge is -2.30. The summed E-state index contributed by atoms with van der Waals surface area (Å²) >= 11 is 0. The lowest BCUT2D eigenvalue weighted by Crippen LogP contribution is -2.47.